The Hall–Kier alpha value is -1.26. The maximum atomic E-state index is 10.1. The van der Waals surface area contributed by atoms with Crippen LogP contribution in [0.2, 0.25) is 0 Å². The second-order valence-electron chi connectivity index (χ2n) is 5.52. The Morgan fingerprint density at radius 2 is 1.95 bits per heavy atom. The number of piperazine rings is 1. The number of aromatic hydroxyl groups is 1. The molecule has 1 aromatic carbocycles. The van der Waals surface area contributed by atoms with Crippen molar-refractivity contribution in [2.75, 3.05) is 20.2 Å². The first kappa shape index (κ1) is 14.2. The molecule has 4 heteroatoms. The van der Waals surface area contributed by atoms with Crippen LogP contribution in [-0.4, -0.2) is 42.3 Å². The maximum absolute atomic E-state index is 10.1. The number of methoxy groups -OCH3 is 1. The van der Waals surface area contributed by atoms with Gasteiger partial charge >= 0.3 is 0 Å². The monoisotopic (exact) mass is 264 g/mol. The lowest BCUT2D eigenvalue weighted by molar-refractivity contribution is 0.129. The average molecular weight is 264 g/mol. The minimum absolute atomic E-state index is 0.182. The topological polar surface area (TPSA) is 44.7 Å². The number of nitrogens with one attached hydrogen (secondary N) is 1. The first-order chi connectivity index (χ1) is 9.01. The average Bonchev–Trinajstić information content (AvgIpc) is 2.37. The van der Waals surface area contributed by atoms with Crippen molar-refractivity contribution in [2.24, 2.45) is 0 Å². The zero-order valence-corrected chi connectivity index (χ0v) is 12.2. The van der Waals surface area contributed by atoms with Crippen molar-refractivity contribution in [3.8, 4) is 11.5 Å². The summed E-state index contributed by atoms with van der Waals surface area (Å²) < 4.78 is 5.25. The molecule has 1 aliphatic rings. The Bertz CT molecular complexity index is 426. The number of ether oxygens (including phenoxy) is 1. The van der Waals surface area contributed by atoms with E-state index < -0.39 is 0 Å². The van der Waals surface area contributed by atoms with Gasteiger partial charge in [-0.3, -0.25) is 4.90 Å². The zero-order chi connectivity index (χ0) is 14.0. The van der Waals surface area contributed by atoms with Gasteiger partial charge in [0, 0.05) is 36.8 Å². The molecule has 3 atom stereocenters. The highest BCUT2D eigenvalue weighted by molar-refractivity contribution is 5.41. The van der Waals surface area contributed by atoms with Crippen LogP contribution in [0.3, 0.4) is 0 Å². The third kappa shape index (κ3) is 3.19. The molecule has 0 aliphatic carbocycles. The molecule has 4 nitrogen and oxygen atoms in total. The number of nitrogens with zero attached hydrogens (tertiary/aromatic N) is 1. The van der Waals surface area contributed by atoms with Crippen LogP contribution in [0.5, 0.6) is 11.5 Å². The van der Waals surface area contributed by atoms with Crippen LogP contribution in [0.1, 0.15) is 32.4 Å². The number of hydrogen-bond acceptors (Lipinski definition) is 4. The van der Waals surface area contributed by atoms with E-state index in [2.05, 4.69) is 31.0 Å². The van der Waals surface area contributed by atoms with Crippen LogP contribution in [0, 0.1) is 0 Å². The molecule has 2 rings (SSSR count). The molecule has 1 aliphatic heterocycles. The lowest BCUT2D eigenvalue weighted by Crippen LogP contribution is -2.54. The minimum Gasteiger partial charge on any atom is -0.508 e. The second kappa shape index (κ2) is 5.80. The Balaban J connectivity index is 2.20. The molecule has 0 saturated carbocycles. The van der Waals surface area contributed by atoms with Gasteiger partial charge < -0.3 is 15.2 Å². The molecule has 106 valence electrons. The molecule has 1 fully saturated rings. The van der Waals surface area contributed by atoms with Crippen LogP contribution in [0.4, 0.5) is 0 Å². The van der Waals surface area contributed by atoms with Gasteiger partial charge in [0.1, 0.15) is 11.5 Å². The van der Waals surface area contributed by atoms with Crippen LogP contribution in [0.25, 0.3) is 0 Å². The van der Waals surface area contributed by atoms with E-state index >= 15 is 0 Å². The molecule has 1 heterocycles. The van der Waals surface area contributed by atoms with Gasteiger partial charge in [-0.25, -0.2) is 0 Å². The predicted molar refractivity (Wildman–Crippen MR) is 76.7 cm³/mol. The predicted octanol–water partition coefficient (Wildman–Crippen LogP) is 2.14. The molecule has 1 aromatic rings. The Morgan fingerprint density at radius 3 is 2.53 bits per heavy atom. The highest BCUT2D eigenvalue weighted by Gasteiger charge is 2.26. The third-order valence-corrected chi connectivity index (χ3v) is 3.82. The summed E-state index contributed by atoms with van der Waals surface area (Å²) in [7, 11) is 1.65. The van der Waals surface area contributed by atoms with E-state index in [1.165, 1.54) is 0 Å². The Kier molecular flexibility index (Phi) is 4.32. The Labute approximate surface area is 115 Å². The van der Waals surface area contributed by atoms with Crippen molar-refractivity contribution < 1.29 is 9.84 Å². The third-order valence-electron chi connectivity index (χ3n) is 3.82. The van der Waals surface area contributed by atoms with Gasteiger partial charge in [0.05, 0.1) is 7.11 Å². The highest BCUT2D eigenvalue weighted by Crippen LogP contribution is 2.32. The molecule has 0 bridgehead atoms. The molecule has 2 N–H and O–H groups in total. The van der Waals surface area contributed by atoms with E-state index in [9.17, 15) is 5.11 Å². The van der Waals surface area contributed by atoms with E-state index in [1.54, 1.807) is 19.2 Å². The van der Waals surface area contributed by atoms with Gasteiger partial charge in [-0.15, -0.1) is 0 Å². The van der Waals surface area contributed by atoms with E-state index in [1.807, 2.05) is 6.07 Å². The van der Waals surface area contributed by atoms with Crippen LogP contribution >= 0.6 is 0 Å². The molecular weight excluding hydrogens is 240 g/mol. The first-order valence-corrected chi connectivity index (χ1v) is 6.88. The van der Waals surface area contributed by atoms with Crippen molar-refractivity contribution in [3.63, 3.8) is 0 Å². The molecule has 19 heavy (non-hydrogen) atoms. The van der Waals surface area contributed by atoms with Crippen LogP contribution in [-0.2, 0) is 0 Å². The number of phenols is 1. The summed E-state index contributed by atoms with van der Waals surface area (Å²) in [5, 5.41) is 13.6. The number of benzene rings is 1. The summed E-state index contributed by atoms with van der Waals surface area (Å²) in [6.07, 6.45) is 0. The zero-order valence-electron chi connectivity index (χ0n) is 12.2. The molecule has 0 aromatic heterocycles. The second-order valence-corrected chi connectivity index (χ2v) is 5.52. The van der Waals surface area contributed by atoms with Crippen molar-refractivity contribution in [1.82, 2.24) is 10.2 Å². The molecule has 0 amide bonds. The first-order valence-electron chi connectivity index (χ1n) is 6.88. The summed E-state index contributed by atoms with van der Waals surface area (Å²) in [4.78, 5) is 2.40. The van der Waals surface area contributed by atoms with Crippen molar-refractivity contribution >= 4 is 0 Å². The Morgan fingerprint density at radius 1 is 1.32 bits per heavy atom. The van der Waals surface area contributed by atoms with E-state index in [0.29, 0.717) is 17.8 Å². The molecule has 3 unspecified atom stereocenters. The van der Waals surface area contributed by atoms with Gasteiger partial charge in [-0.05, 0) is 39.0 Å². The van der Waals surface area contributed by atoms with Gasteiger partial charge in [-0.2, -0.15) is 0 Å². The summed E-state index contributed by atoms with van der Waals surface area (Å²) in [5.74, 6) is 1.13. The highest BCUT2D eigenvalue weighted by atomic mass is 16.5. The quantitative estimate of drug-likeness (QED) is 0.878. The van der Waals surface area contributed by atoms with E-state index in [0.717, 1.165) is 24.4 Å². The lowest BCUT2D eigenvalue weighted by Gasteiger charge is -2.40. The SMILES string of the molecule is COc1ccc(O)c(C(C)N2CC(C)NC(C)C2)c1. The molecule has 1 saturated heterocycles. The number of hydrogen-bond donors (Lipinski definition) is 2. The minimum atomic E-state index is 0.182. The normalized spacial score (nSPS) is 26.1. The largest absolute Gasteiger partial charge is 0.508 e. The summed E-state index contributed by atoms with van der Waals surface area (Å²) >= 11 is 0. The molecular formula is C15H24N2O2. The van der Waals surface area contributed by atoms with Crippen molar-refractivity contribution in [2.45, 2.75) is 38.9 Å². The lowest BCUT2D eigenvalue weighted by atomic mass is 10.0. The summed E-state index contributed by atoms with van der Waals surface area (Å²) in [5.41, 5.74) is 0.931. The summed E-state index contributed by atoms with van der Waals surface area (Å²) in [6, 6.07) is 6.55. The van der Waals surface area contributed by atoms with Crippen molar-refractivity contribution in [1.29, 1.82) is 0 Å². The van der Waals surface area contributed by atoms with Gasteiger partial charge in [-0.1, -0.05) is 0 Å². The fourth-order valence-corrected chi connectivity index (χ4v) is 2.88. The molecule has 0 spiro atoms. The fraction of sp³-hybridized carbons (Fsp3) is 0.600. The van der Waals surface area contributed by atoms with Crippen LogP contribution < -0.4 is 10.1 Å². The van der Waals surface area contributed by atoms with Crippen molar-refractivity contribution in [3.05, 3.63) is 23.8 Å². The van der Waals surface area contributed by atoms with Crippen LogP contribution in [0.15, 0.2) is 18.2 Å². The molecule has 0 radical (unpaired) electrons. The smallest absolute Gasteiger partial charge is 0.120 e. The standard InChI is InChI=1S/C15H24N2O2/c1-10-8-17(9-11(2)16-10)12(3)14-7-13(19-4)5-6-15(14)18/h5-7,10-12,16,18H,8-9H2,1-4H3. The number of rotatable bonds is 3. The number of phenolic OH excluding ortho intramolecular Hbond substituents is 1. The van der Waals surface area contributed by atoms with E-state index in [4.69, 9.17) is 4.74 Å². The van der Waals surface area contributed by atoms with E-state index in [-0.39, 0.29) is 6.04 Å². The maximum Gasteiger partial charge on any atom is 0.120 e. The van der Waals surface area contributed by atoms with Gasteiger partial charge in [0.15, 0.2) is 0 Å². The van der Waals surface area contributed by atoms with Gasteiger partial charge in [0.25, 0.3) is 0 Å². The summed E-state index contributed by atoms with van der Waals surface area (Å²) in [6.45, 7) is 8.51. The van der Waals surface area contributed by atoms with Gasteiger partial charge in [0.2, 0.25) is 0 Å². The fourth-order valence-electron chi connectivity index (χ4n) is 2.88.